The molecule has 1 aromatic carbocycles. The number of hydrogen-bond donors (Lipinski definition) is 1. The maximum Gasteiger partial charge on any atom is 0.311 e. The highest BCUT2D eigenvalue weighted by Gasteiger charge is 2.26. The molecule has 1 unspecified atom stereocenters. The van der Waals surface area contributed by atoms with Crippen molar-refractivity contribution in [2.24, 2.45) is 0 Å². The van der Waals surface area contributed by atoms with Gasteiger partial charge in [-0.15, -0.1) is 0 Å². The number of ether oxygens (including phenoxy) is 1. The summed E-state index contributed by atoms with van der Waals surface area (Å²) >= 11 is 0. The summed E-state index contributed by atoms with van der Waals surface area (Å²) in [6.45, 7) is 6.11. The van der Waals surface area contributed by atoms with Gasteiger partial charge in [0, 0.05) is 32.2 Å². The number of nitro benzene ring substituents is 1. The van der Waals surface area contributed by atoms with E-state index in [1.807, 2.05) is 0 Å². The average molecular weight is 293 g/mol. The Morgan fingerprint density at radius 3 is 2.71 bits per heavy atom. The molecule has 114 valence electrons. The van der Waals surface area contributed by atoms with Gasteiger partial charge in [-0.25, -0.2) is 0 Å². The van der Waals surface area contributed by atoms with Gasteiger partial charge in [0.15, 0.2) is 6.10 Å². The van der Waals surface area contributed by atoms with Crippen molar-refractivity contribution in [1.82, 2.24) is 10.2 Å². The van der Waals surface area contributed by atoms with Crippen LogP contribution in [-0.2, 0) is 4.79 Å². The van der Waals surface area contributed by atoms with Crippen LogP contribution >= 0.6 is 0 Å². The molecule has 0 bridgehead atoms. The van der Waals surface area contributed by atoms with E-state index >= 15 is 0 Å². The maximum atomic E-state index is 12.3. The minimum absolute atomic E-state index is 0.116. The third-order valence-electron chi connectivity index (χ3n) is 3.46. The largest absolute Gasteiger partial charge is 0.474 e. The molecule has 1 aromatic rings. The Morgan fingerprint density at radius 1 is 1.43 bits per heavy atom. The third kappa shape index (κ3) is 3.49. The van der Waals surface area contributed by atoms with Gasteiger partial charge in [-0.1, -0.05) is 12.1 Å². The molecule has 0 spiro atoms. The second-order valence-electron chi connectivity index (χ2n) is 5.02. The number of hydrogen-bond acceptors (Lipinski definition) is 5. The van der Waals surface area contributed by atoms with Gasteiger partial charge >= 0.3 is 5.69 Å². The number of nitrogens with zero attached hydrogens (tertiary/aromatic N) is 2. The molecule has 0 aliphatic carbocycles. The summed E-state index contributed by atoms with van der Waals surface area (Å²) in [6.07, 6.45) is -0.747. The summed E-state index contributed by atoms with van der Waals surface area (Å²) in [5, 5.41) is 14.2. The van der Waals surface area contributed by atoms with E-state index in [4.69, 9.17) is 4.74 Å². The van der Waals surface area contributed by atoms with Crippen LogP contribution in [0.25, 0.3) is 0 Å². The van der Waals surface area contributed by atoms with Gasteiger partial charge in [-0.05, 0) is 19.4 Å². The molecule has 0 aromatic heterocycles. The maximum absolute atomic E-state index is 12.3. The summed E-state index contributed by atoms with van der Waals surface area (Å²) in [5.41, 5.74) is 0.527. The zero-order chi connectivity index (χ0) is 15.4. The average Bonchev–Trinajstić information content (AvgIpc) is 2.49. The molecule has 1 aliphatic heterocycles. The highest BCUT2D eigenvalue weighted by atomic mass is 16.6. The lowest BCUT2D eigenvalue weighted by Crippen LogP contribution is -2.50. The van der Waals surface area contributed by atoms with E-state index in [2.05, 4.69) is 5.32 Å². The molecule has 21 heavy (non-hydrogen) atoms. The van der Waals surface area contributed by atoms with Crippen LogP contribution in [0.4, 0.5) is 5.69 Å². The van der Waals surface area contributed by atoms with Gasteiger partial charge in [-0.2, -0.15) is 0 Å². The van der Waals surface area contributed by atoms with Crippen LogP contribution < -0.4 is 10.1 Å². The summed E-state index contributed by atoms with van der Waals surface area (Å²) in [4.78, 5) is 24.6. The standard InChI is InChI=1S/C14H19N3O4/c1-10-4-3-5-12(17(19)20)13(10)21-11(2)14(18)16-8-6-15-7-9-16/h3-5,11,15H,6-9H2,1-2H3. The number of carbonyl (C=O) groups is 1. The second kappa shape index (κ2) is 6.53. The zero-order valence-corrected chi connectivity index (χ0v) is 12.2. The molecule has 2 rings (SSSR count). The van der Waals surface area contributed by atoms with E-state index in [9.17, 15) is 14.9 Å². The Bertz CT molecular complexity index is 541. The number of rotatable bonds is 4. The van der Waals surface area contributed by atoms with Crippen LogP contribution in [0, 0.1) is 17.0 Å². The topological polar surface area (TPSA) is 84.7 Å². The van der Waals surface area contributed by atoms with Crippen molar-refractivity contribution in [1.29, 1.82) is 0 Å². The first-order valence-electron chi connectivity index (χ1n) is 6.91. The van der Waals surface area contributed by atoms with E-state index in [-0.39, 0.29) is 17.3 Å². The van der Waals surface area contributed by atoms with Crippen LogP contribution in [0.3, 0.4) is 0 Å². The molecule has 1 atom stereocenters. The van der Waals surface area contributed by atoms with Crippen molar-refractivity contribution >= 4 is 11.6 Å². The molecule has 7 nitrogen and oxygen atoms in total. The van der Waals surface area contributed by atoms with Crippen LogP contribution in [0.5, 0.6) is 5.75 Å². The predicted octanol–water partition coefficient (Wildman–Crippen LogP) is 1.10. The predicted molar refractivity (Wildman–Crippen MR) is 77.4 cm³/mol. The third-order valence-corrected chi connectivity index (χ3v) is 3.46. The van der Waals surface area contributed by atoms with Crippen molar-refractivity contribution in [3.63, 3.8) is 0 Å². The second-order valence-corrected chi connectivity index (χ2v) is 5.02. The number of para-hydroxylation sites is 1. The van der Waals surface area contributed by atoms with Crippen molar-refractivity contribution in [3.8, 4) is 5.75 Å². The normalized spacial score (nSPS) is 16.4. The van der Waals surface area contributed by atoms with Crippen molar-refractivity contribution in [2.45, 2.75) is 20.0 Å². The molecule has 1 heterocycles. The smallest absolute Gasteiger partial charge is 0.311 e. The number of piperazine rings is 1. The first-order chi connectivity index (χ1) is 10.0. The number of carbonyl (C=O) groups excluding carboxylic acids is 1. The Balaban J connectivity index is 2.13. The van der Waals surface area contributed by atoms with Crippen molar-refractivity contribution in [2.75, 3.05) is 26.2 Å². The Kier molecular flexibility index (Phi) is 4.74. The Hall–Kier alpha value is -2.15. The lowest BCUT2D eigenvalue weighted by molar-refractivity contribution is -0.386. The first-order valence-corrected chi connectivity index (χ1v) is 6.91. The van der Waals surface area contributed by atoms with Gasteiger partial charge < -0.3 is 15.0 Å². The van der Waals surface area contributed by atoms with E-state index in [0.717, 1.165) is 13.1 Å². The lowest BCUT2D eigenvalue weighted by atomic mass is 10.2. The van der Waals surface area contributed by atoms with Gasteiger partial charge in [0.05, 0.1) is 4.92 Å². The minimum Gasteiger partial charge on any atom is -0.474 e. The molecule has 7 heteroatoms. The molecule has 0 saturated carbocycles. The van der Waals surface area contributed by atoms with Crippen LogP contribution in [0.1, 0.15) is 12.5 Å². The molecule has 1 amide bonds. The van der Waals surface area contributed by atoms with Crippen molar-refractivity contribution < 1.29 is 14.5 Å². The van der Waals surface area contributed by atoms with Crippen LogP contribution in [0.2, 0.25) is 0 Å². The summed E-state index contributed by atoms with van der Waals surface area (Å²) < 4.78 is 5.60. The van der Waals surface area contributed by atoms with Gasteiger partial charge in [-0.3, -0.25) is 14.9 Å². The summed E-state index contributed by atoms with van der Waals surface area (Å²) in [5.74, 6) is 0.0209. The van der Waals surface area contributed by atoms with E-state index in [1.165, 1.54) is 6.07 Å². The Labute approximate surface area is 123 Å². The molecular formula is C14H19N3O4. The molecule has 1 saturated heterocycles. The molecule has 1 N–H and O–H groups in total. The minimum atomic E-state index is -0.747. The zero-order valence-electron chi connectivity index (χ0n) is 12.2. The van der Waals surface area contributed by atoms with Gasteiger partial charge in [0.1, 0.15) is 0 Å². The SMILES string of the molecule is Cc1cccc([N+](=O)[O-])c1OC(C)C(=O)N1CCNCC1. The molecule has 1 aliphatic rings. The fraction of sp³-hybridized carbons (Fsp3) is 0.500. The quantitative estimate of drug-likeness (QED) is 0.664. The number of nitro groups is 1. The van der Waals surface area contributed by atoms with E-state index < -0.39 is 11.0 Å². The summed E-state index contributed by atoms with van der Waals surface area (Å²) in [7, 11) is 0. The summed E-state index contributed by atoms with van der Waals surface area (Å²) in [6, 6.07) is 4.71. The number of nitrogens with one attached hydrogen (secondary N) is 1. The molecule has 0 radical (unpaired) electrons. The molecular weight excluding hydrogens is 274 g/mol. The first kappa shape index (κ1) is 15.2. The van der Waals surface area contributed by atoms with E-state index in [0.29, 0.717) is 18.7 Å². The highest BCUT2D eigenvalue weighted by molar-refractivity contribution is 5.81. The van der Waals surface area contributed by atoms with Gasteiger partial charge in [0.25, 0.3) is 5.91 Å². The number of benzene rings is 1. The number of aryl methyl sites for hydroxylation is 1. The van der Waals surface area contributed by atoms with Crippen LogP contribution in [-0.4, -0.2) is 48.0 Å². The van der Waals surface area contributed by atoms with Gasteiger partial charge in [0.2, 0.25) is 5.75 Å². The van der Waals surface area contributed by atoms with E-state index in [1.54, 1.807) is 30.9 Å². The van der Waals surface area contributed by atoms with Crippen molar-refractivity contribution in [3.05, 3.63) is 33.9 Å². The molecule has 1 fully saturated rings. The Morgan fingerprint density at radius 2 is 2.10 bits per heavy atom. The monoisotopic (exact) mass is 293 g/mol. The lowest BCUT2D eigenvalue weighted by Gasteiger charge is -2.29. The fourth-order valence-corrected chi connectivity index (χ4v) is 2.30. The fourth-order valence-electron chi connectivity index (χ4n) is 2.30. The number of amides is 1. The highest BCUT2D eigenvalue weighted by Crippen LogP contribution is 2.31. The van der Waals surface area contributed by atoms with Crippen LogP contribution in [0.15, 0.2) is 18.2 Å².